The van der Waals surface area contributed by atoms with Gasteiger partial charge in [0.15, 0.2) is 0 Å². The van der Waals surface area contributed by atoms with E-state index in [1.807, 2.05) is 0 Å². The Kier molecular flexibility index (Phi) is 5.71. The average molecular weight is 486 g/mol. The minimum atomic E-state index is -2.53. The van der Waals surface area contributed by atoms with E-state index >= 15 is 0 Å². The zero-order valence-electron chi connectivity index (χ0n) is 15.8. The van der Waals surface area contributed by atoms with Crippen LogP contribution in [0, 0.1) is 5.92 Å². The Labute approximate surface area is 176 Å². The molecular formula is C25H28IP. The van der Waals surface area contributed by atoms with Crippen molar-refractivity contribution in [2.45, 2.75) is 32.1 Å². The monoisotopic (exact) mass is 486 g/mol. The fourth-order valence-electron chi connectivity index (χ4n) is 4.78. The van der Waals surface area contributed by atoms with Gasteiger partial charge in [-0.05, 0) is 0 Å². The van der Waals surface area contributed by atoms with Crippen molar-refractivity contribution >= 4 is 42.2 Å². The van der Waals surface area contributed by atoms with Crippen molar-refractivity contribution in [3.63, 3.8) is 0 Å². The third-order valence-electron chi connectivity index (χ3n) is 6.32. The molecule has 1 aliphatic rings. The maximum atomic E-state index is 2.92. The Morgan fingerprint density at radius 1 is 0.630 bits per heavy atom. The first-order chi connectivity index (χ1) is 13.2. The Hall–Kier alpha value is -1.18. The van der Waals surface area contributed by atoms with E-state index in [9.17, 15) is 0 Å². The van der Waals surface area contributed by atoms with E-state index in [-0.39, 0.29) is 0 Å². The van der Waals surface area contributed by atoms with Crippen molar-refractivity contribution in [2.75, 3.05) is 6.16 Å². The molecule has 2 heteroatoms. The van der Waals surface area contributed by atoms with E-state index in [1.54, 1.807) is 0 Å². The molecule has 4 rings (SSSR count). The average Bonchev–Trinajstić information content (AvgIpc) is 3.28. The summed E-state index contributed by atoms with van der Waals surface area (Å²) in [6, 6.07) is 34.0. The molecular weight excluding hydrogens is 458 g/mol. The van der Waals surface area contributed by atoms with Crippen LogP contribution < -0.4 is 15.9 Å². The van der Waals surface area contributed by atoms with Crippen LogP contribution in [0.4, 0.5) is 0 Å². The van der Waals surface area contributed by atoms with Gasteiger partial charge in [-0.25, -0.2) is 0 Å². The molecule has 0 unspecified atom stereocenters. The molecule has 0 radical (unpaired) electrons. The molecule has 27 heavy (non-hydrogen) atoms. The van der Waals surface area contributed by atoms with Gasteiger partial charge in [-0.1, -0.05) is 0 Å². The van der Waals surface area contributed by atoms with E-state index in [4.69, 9.17) is 0 Å². The molecule has 1 aliphatic carbocycles. The predicted molar refractivity (Wildman–Crippen MR) is 131 cm³/mol. The van der Waals surface area contributed by atoms with E-state index in [1.165, 1.54) is 54.2 Å². The molecule has 1 saturated carbocycles. The zero-order valence-corrected chi connectivity index (χ0v) is 18.9. The summed E-state index contributed by atoms with van der Waals surface area (Å²) in [7, 11) is 0. The first kappa shape index (κ1) is 19.2. The minimum absolute atomic E-state index is 0.900. The van der Waals surface area contributed by atoms with Gasteiger partial charge in [0.2, 0.25) is 0 Å². The van der Waals surface area contributed by atoms with Crippen molar-refractivity contribution in [1.29, 1.82) is 0 Å². The van der Waals surface area contributed by atoms with Gasteiger partial charge < -0.3 is 0 Å². The van der Waals surface area contributed by atoms with E-state index in [0.29, 0.717) is 0 Å². The summed E-state index contributed by atoms with van der Waals surface area (Å²) in [6.07, 6.45) is 8.27. The quantitative estimate of drug-likeness (QED) is 0.278. The topological polar surface area (TPSA) is 0 Å². The number of benzene rings is 3. The van der Waals surface area contributed by atoms with Gasteiger partial charge in [0.1, 0.15) is 0 Å². The summed E-state index contributed by atoms with van der Waals surface area (Å²) in [5.41, 5.74) is 0. The van der Waals surface area contributed by atoms with Crippen LogP contribution in [0.1, 0.15) is 32.1 Å². The number of halogens is 1. The van der Waals surface area contributed by atoms with Crippen molar-refractivity contribution in [1.82, 2.24) is 0 Å². The zero-order chi connectivity index (χ0) is 18.6. The van der Waals surface area contributed by atoms with Gasteiger partial charge >= 0.3 is 177 Å². The molecule has 0 saturated heterocycles. The molecule has 3 aromatic rings. The Balaban J connectivity index is 1.93. The third-order valence-corrected chi connectivity index (χ3v) is 18.0. The van der Waals surface area contributed by atoms with Gasteiger partial charge in [-0.15, -0.1) is 0 Å². The Morgan fingerprint density at radius 3 is 1.37 bits per heavy atom. The maximum absolute atomic E-state index is 2.92. The first-order valence-electron chi connectivity index (χ1n) is 10.1. The third kappa shape index (κ3) is 3.49. The second kappa shape index (κ2) is 8.05. The molecule has 0 atom stereocenters. The molecule has 0 bridgehead atoms. The second-order valence-electron chi connectivity index (χ2n) is 7.85. The number of rotatable bonds is 6. The van der Waals surface area contributed by atoms with E-state index < -0.39 is 4.25 Å². The fourth-order valence-corrected chi connectivity index (χ4v) is 13.4. The van der Waals surface area contributed by atoms with Crippen LogP contribution >= 0.6 is 26.3 Å². The Bertz CT molecular complexity index is 755. The van der Waals surface area contributed by atoms with Crippen LogP contribution in [0.2, 0.25) is 0 Å². The van der Waals surface area contributed by atoms with E-state index in [0.717, 1.165) is 5.92 Å². The summed E-state index contributed by atoms with van der Waals surface area (Å²) in [5.74, 6) is 0.900. The number of hydrogen-bond donors (Lipinski definition) is 0. The van der Waals surface area contributed by atoms with Gasteiger partial charge in [-0.3, -0.25) is 0 Å². The normalized spacial score (nSPS) is 16.7. The molecule has 0 heterocycles. The predicted octanol–water partition coefficient (Wildman–Crippen LogP) is 6.45. The number of hydrogen-bond acceptors (Lipinski definition) is 0. The molecule has 0 amide bonds. The van der Waals surface area contributed by atoms with Crippen molar-refractivity contribution in [3.8, 4) is 0 Å². The molecule has 140 valence electrons. The molecule has 1 fully saturated rings. The summed E-state index contributed by atoms with van der Waals surface area (Å²) in [4.78, 5) is 0. The van der Waals surface area contributed by atoms with Crippen LogP contribution in [-0.2, 0) is 0 Å². The molecule has 0 spiro atoms. The van der Waals surface area contributed by atoms with Gasteiger partial charge in [0.25, 0.3) is 0 Å². The van der Waals surface area contributed by atoms with Crippen LogP contribution in [0.15, 0.2) is 91.0 Å². The summed E-state index contributed by atoms with van der Waals surface area (Å²) in [6.45, 7) is 0. The van der Waals surface area contributed by atoms with Crippen molar-refractivity contribution in [2.24, 2.45) is 5.92 Å². The second-order valence-corrected chi connectivity index (χ2v) is 18.6. The summed E-state index contributed by atoms with van der Waals surface area (Å²) >= 11 is 2.92. The molecule has 0 nitrogen and oxygen atoms in total. The molecule has 3 aromatic carbocycles. The summed E-state index contributed by atoms with van der Waals surface area (Å²) in [5, 5.41) is 4.54. The Morgan fingerprint density at radius 2 is 1.00 bits per heavy atom. The summed E-state index contributed by atoms with van der Waals surface area (Å²) < 4.78 is -2.53. The SMILES string of the molecule is IP(CCC1CCCC1)(c1ccccc1)(c1ccccc1)c1ccccc1. The standard InChI is InChI=1S/C25H28IP/c26-27(23-14-4-1-5-15-23,24-16-6-2-7-17-24,25-18-8-3-9-19-25)21-20-22-12-10-11-13-22/h1-9,14-19,22H,10-13,20-21H2. The van der Waals surface area contributed by atoms with Crippen LogP contribution in [0.25, 0.3) is 0 Å². The van der Waals surface area contributed by atoms with Crippen LogP contribution in [0.3, 0.4) is 0 Å². The molecule has 0 aliphatic heterocycles. The van der Waals surface area contributed by atoms with Gasteiger partial charge in [0.05, 0.1) is 0 Å². The first-order valence-corrected chi connectivity index (χ1v) is 15.3. The van der Waals surface area contributed by atoms with Crippen LogP contribution in [0.5, 0.6) is 0 Å². The van der Waals surface area contributed by atoms with Gasteiger partial charge in [0, 0.05) is 0 Å². The van der Waals surface area contributed by atoms with Crippen molar-refractivity contribution < 1.29 is 0 Å². The van der Waals surface area contributed by atoms with Crippen LogP contribution in [-0.4, -0.2) is 6.16 Å². The van der Waals surface area contributed by atoms with Crippen molar-refractivity contribution in [3.05, 3.63) is 91.0 Å². The molecule has 0 N–H and O–H groups in total. The van der Waals surface area contributed by atoms with Gasteiger partial charge in [-0.2, -0.15) is 0 Å². The van der Waals surface area contributed by atoms with E-state index in [2.05, 4.69) is 113 Å². The molecule has 0 aromatic heterocycles. The fraction of sp³-hybridized carbons (Fsp3) is 0.280.